The Morgan fingerprint density at radius 2 is 1.77 bits per heavy atom. The normalized spacial score (nSPS) is 22.6. The van der Waals surface area contributed by atoms with Gasteiger partial charge in [-0.3, -0.25) is 19.0 Å². The van der Waals surface area contributed by atoms with Gasteiger partial charge in [0.2, 0.25) is 5.91 Å². The second kappa shape index (κ2) is 12.3. The molecule has 1 aliphatic heterocycles. The third-order valence-corrected chi connectivity index (χ3v) is 6.88. The second-order valence-corrected chi connectivity index (χ2v) is 9.72. The molecule has 0 radical (unpaired) electrons. The van der Waals surface area contributed by atoms with Crippen LogP contribution in [0.1, 0.15) is 28.5 Å². The number of nitrogens with one attached hydrogen (secondary N) is 1. The Hall–Kier alpha value is -3.52. The topological polar surface area (TPSA) is 166 Å². The van der Waals surface area contributed by atoms with Crippen molar-refractivity contribution in [2.75, 3.05) is 13.7 Å². The van der Waals surface area contributed by atoms with E-state index in [1.807, 2.05) is 0 Å². The fourth-order valence-electron chi connectivity index (χ4n) is 4.61. The Bertz CT molecular complexity index is 1410. The predicted molar refractivity (Wildman–Crippen MR) is 141 cm³/mol. The SMILES string of the molecule is COc1ccc2c(c1)c(CC(=O)OOC[C@H]1O[C@H](O)[C@H](NC(C)=O)[C@@H](O)[C@@H]1O)c(C)n2C(=O)c1ccc(Cl)cc1. The summed E-state index contributed by atoms with van der Waals surface area (Å²) in [6.45, 7) is 2.37. The van der Waals surface area contributed by atoms with E-state index in [4.69, 9.17) is 30.8 Å². The van der Waals surface area contributed by atoms with Crippen molar-refractivity contribution in [2.24, 2.45) is 0 Å². The quantitative estimate of drug-likeness (QED) is 0.226. The summed E-state index contributed by atoms with van der Waals surface area (Å²) in [4.78, 5) is 47.3. The number of fused-ring (bicyclic) bond motifs is 1. The van der Waals surface area contributed by atoms with Gasteiger partial charge in [0.15, 0.2) is 6.29 Å². The molecule has 1 aliphatic rings. The molecule has 214 valence electrons. The van der Waals surface area contributed by atoms with Crippen LogP contribution in [0.5, 0.6) is 5.75 Å². The van der Waals surface area contributed by atoms with Gasteiger partial charge in [-0.05, 0) is 55.0 Å². The summed E-state index contributed by atoms with van der Waals surface area (Å²) in [5, 5.41) is 34.0. The van der Waals surface area contributed by atoms with Crippen molar-refractivity contribution in [3.8, 4) is 5.75 Å². The lowest BCUT2D eigenvalue weighted by molar-refractivity contribution is -0.315. The minimum atomic E-state index is -1.63. The number of benzene rings is 2. The van der Waals surface area contributed by atoms with E-state index in [9.17, 15) is 29.7 Å². The van der Waals surface area contributed by atoms with Gasteiger partial charge in [0.1, 0.15) is 36.7 Å². The summed E-state index contributed by atoms with van der Waals surface area (Å²) in [5.41, 5.74) is 1.95. The maximum atomic E-state index is 13.4. The summed E-state index contributed by atoms with van der Waals surface area (Å²) in [5.74, 6) is -1.15. The van der Waals surface area contributed by atoms with Gasteiger partial charge in [-0.2, -0.15) is 4.89 Å². The molecule has 4 N–H and O–H groups in total. The largest absolute Gasteiger partial charge is 0.497 e. The molecule has 2 aromatic carbocycles. The molecule has 1 aromatic heterocycles. The molecule has 4 rings (SSSR count). The third-order valence-electron chi connectivity index (χ3n) is 6.63. The summed E-state index contributed by atoms with van der Waals surface area (Å²) < 4.78 is 12.0. The molecule has 13 heteroatoms. The van der Waals surface area contributed by atoms with Gasteiger partial charge in [-0.1, -0.05) is 11.6 Å². The number of carbonyl (C=O) groups is 3. The number of methoxy groups -OCH3 is 1. The number of rotatable bonds is 8. The maximum absolute atomic E-state index is 13.4. The number of aliphatic hydroxyl groups excluding tert-OH is 3. The summed E-state index contributed by atoms with van der Waals surface area (Å²) >= 11 is 5.96. The number of ether oxygens (including phenoxy) is 2. The molecule has 2 heterocycles. The Morgan fingerprint density at radius 3 is 2.42 bits per heavy atom. The van der Waals surface area contributed by atoms with Gasteiger partial charge in [-0.25, -0.2) is 4.79 Å². The second-order valence-electron chi connectivity index (χ2n) is 9.28. The van der Waals surface area contributed by atoms with Crippen LogP contribution in [0.2, 0.25) is 5.02 Å². The molecule has 5 atom stereocenters. The van der Waals surface area contributed by atoms with Crippen LogP contribution < -0.4 is 10.1 Å². The minimum absolute atomic E-state index is 0.277. The van der Waals surface area contributed by atoms with E-state index in [1.165, 1.54) is 18.6 Å². The molecule has 40 heavy (non-hydrogen) atoms. The molecule has 0 unspecified atom stereocenters. The van der Waals surface area contributed by atoms with E-state index < -0.39 is 49.1 Å². The average Bonchev–Trinajstić information content (AvgIpc) is 3.19. The third kappa shape index (κ3) is 6.12. The van der Waals surface area contributed by atoms with Crippen molar-refractivity contribution in [1.29, 1.82) is 0 Å². The van der Waals surface area contributed by atoms with Gasteiger partial charge in [0.05, 0.1) is 19.0 Å². The minimum Gasteiger partial charge on any atom is -0.497 e. The lowest BCUT2D eigenvalue weighted by Crippen LogP contribution is -2.64. The van der Waals surface area contributed by atoms with Crippen LogP contribution >= 0.6 is 11.6 Å². The highest BCUT2D eigenvalue weighted by Crippen LogP contribution is 2.31. The van der Waals surface area contributed by atoms with E-state index >= 15 is 0 Å². The zero-order valence-electron chi connectivity index (χ0n) is 21.9. The fourth-order valence-corrected chi connectivity index (χ4v) is 4.74. The van der Waals surface area contributed by atoms with E-state index in [0.717, 1.165) is 0 Å². The number of nitrogens with zero attached hydrogens (tertiary/aromatic N) is 1. The van der Waals surface area contributed by atoms with Gasteiger partial charge in [0, 0.05) is 28.6 Å². The highest BCUT2D eigenvalue weighted by atomic mass is 35.5. The Balaban J connectivity index is 1.48. The predicted octanol–water partition coefficient (Wildman–Crippen LogP) is 1.26. The summed E-state index contributed by atoms with van der Waals surface area (Å²) in [7, 11) is 1.50. The molecule has 0 aliphatic carbocycles. The van der Waals surface area contributed by atoms with Gasteiger partial charge >= 0.3 is 5.97 Å². The summed E-state index contributed by atoms with van der Waals surface area (Å²) in [6, 6.07) is 10.3. The smallest absolute Gasteiger partial charge is 0.346 e. The number of halogens is 1. The molecule has 1 fully saturated rings. The zero-order valence-corrected chi connectivity index (χ0v) is 22.6. The van der Waals surface area contributed by atoms with Gasteiger partial charge in [0.25, 0.3) is 5.91 Å². The van der Waals surface area contributed by atoms with Crippen LogP contribution in [0.15, 0.2) is 42.5 Å². The lowest BCUT2D eigenvalue weighted by atomic mass is 9.97. The number of aliphatic hydroxyl groups is 3. The average molecular weight is 577 g/mol. The first-order valence-electron chi connectivity index (χ1n) is 12.3. The first kappa shape index (κ1) is 29.5. The molecular formula is C27H29ClN2O10. The molecule has 0 bridgehead atoms. The molecule has 0 spiro atoms. The summed E-state index contributed by atoms with van der Waals surface area (Å²) in [6.07, 6.45) is -6.27. The Kier molecular flexibility index (Phi) is 9.08. The highest BCUT2D eigenvalue weighted by molar-refractivity contribution is 6.30. The van der Waals surface area contributed by atoms with Crippen molar-refractivity contribution in [3.63, 3.8) is 0 Å². The fraction of sp³-hybridized carbons (Fsp3) is 0.370. The van der Waals surface area contributed by atoms with Gasteiger partial charge < -0.3 is 30.1 Å². The van der Waals surface area contributed by atoms with Crippen molar-refractivity contribution >= 4 is 40.3 Å². The van der Waals surface area contributed by atoms with E-state index in [2.05, 4.69) is 5.32 Å². The Labute approximate surface area is 233 Å². The van der Waals surface area contributed by atoms with Crippen LogP contribution in [-0.2, 0) is 30.5 Å². The van der Waals surface area contributed by atoms with E-state index in [0.29, 0.717) is 38.5 Å². The number of amides is 1. The van der Waals surface area contributed by atoms with Crippen molar-refractivity contribution in [1.82, 2.24) is 9.88 Å². The first-order valence-corrected chi connectivity index (χ1v) is 12.7. The molecule has 3 aromatic rings. The molecule has 1 amide bonds. The van der Waals surface area contributed by atoms with Crippen molar-refractivity contribution in [2.45, 2.75) is 50.9 Å². The van der Waals surface area contributed by atoms with Gasteiger partial charge in [-0.15, -0.1) is 0 Å². The van der Waals surface area contributed by atoms with Crippen LogP contribution in [0, 0.1) is 6.92 Å². The monoisotopic (exact) mass is 576 g/mol. The zero-order chi connectivity index (χ0) is 29.1. The molecule has 12 nitrogen and oxygen atoms in total. The first-order chi connectivity index (χ1) is 19.0. The molecular weight excluding hydrogens is 548 g/mol. The van der Waals surface area contributed by atoms with E-state index in [-0.39, 0.29) is 12.3 Å². The van der Waals surface area contributed by atoms with E-state index in [1.54, 1.807) is 49.4 Å². The number of carbonyl (C=O) groups excluding carboxylic acids is 3. The number of aromatic nitrogens is 1. The maximum Gasteiger partial charge on any atom is 0.346 e. The lowest BCUT2D eigenvalue weighted by Gasteiger charge is -2.40. The number of hydrogen-bond donors (Lipinski definition) is 4. The Morgan fingerprint density at radius 1 is 1.07 bits per heavy atom. The van der Waals surface area contributed by atoms with Crippen LogP contribution in [0.25, 0.3) is 10.9 Å². The van der Waals surface area contributed by atoms with Crippen LogP contribution in [0.4, 0.5) is 0 Å². The van der Waals surface area contributed by atoms with Crippen molar-refractivity contribution < 1.29 is 49.0 Å². The van der Waals surface area contributed by atoms with Crippen LogP contribution in [0.3, 0.4) is 0 Å². The standard InChI is InChI=1S/C27H29ClN2O10/c1-13-18(11-22(32)40-38-12-21-24(33)25(34)23(27(36)39-21)29-14(2)31)19-10-17(37-3)8-9-20(19)30(13)26(35)15-4-6-16(28)7-5-15/h4-10,21,23-25,27,33-34,36H,11-12H2,1-3H3,(H,29,31)/t21-,23-,24-,25-,27+/m1/s1. The van der Waals surface area contributed by atoms with Crippen LogP contribution in [-0.4, -0.2) is 82.0 Å². The molecule has 1 saturated heterocycles. The molecule has 0 saturated carbocycles. The highest BCUT2D eigenvalue weighted by Gasteiger charge is 2.44. The number of hydrogen-bond acceptors (Lipinski definition) is 10. The van der Waals surface area contributed by atoms with Crippen molar-refractivity contribution in [3.05, 3.63) is 64.3 Å².